The Labute approximate surface area is 121 Å². The fourth-order valence-corrected chi connectivity index (χ4v) is 3.28. The predicted octanol–water partition coefficient (Wildman–Crippen LogP) is 1.18. The highest BCUT2D eigenvalue weighted by molar-refractivity contribution is 6.30. The standard InChI is InChI=1S/C13H16ClN5O/c14-11-5-10-9(6-16-11)12(18-17-10)19-3-4-20-13(8-19)1-2-15-7-13/h5-6,15H,1-4,7-8H2,(H,17,18). The molecule has 2 aliphatic rings. The van der Waals surface area contributed by atoms with Gasteiger partial charge < -0.3 is 15.0 Å². The van der Waals surface area contributed by atoms with E-state index in [0.717, 1.165) is 55.9 Å². The van der Waals surface area contributed by atoms with Crippen molar-refractivity contribution in [2.75, 3.05) is 37.7 Å². The van der Waals surface area contributed by atoms with Gasteiger partial charge in [-0.1, -0.05) is 11.6 Å². The lowest BCUT2D eigenvalue weighted by Crippen LogP contribution is -2.53. The van der Waals surface area contributed by atoms with Gasteiger partial charge >= 0.3 is 0 Å². The van der Waals surface area contributed by atoms with E-state index in [1.807, 2.05) is 0 Å². The number of morpholine rings is 1. The van der Waals surface area contributed by atoms with Crippen LogP contribution in [0.5, 0.6) is 0 Å². The molecular weight excluding hydrogens is 278 g/mol. The molecular formula is C13H16ClN5O. The first-order chi connectivity index (χ1) is 9.76. The summed E-state index contributed by atoms with van der Waals surface area (Å²) in [6.45, 7) is 4.38. The summed E-state index contributed by atoms with van der Waals surface area (Å²) < 4.78 is 6.01. The number of ether oxygens (including phenoxy) is 1. The Morgan fingerprint density at radius 1 is 1.45 bits per heavy atom. The Morgan fingerprint density at radius 3 is 3.25 bits per heavy atom. The number of hydrogen-bond acceptors (Lipinski definition) is 5. The zero-order valence-electron chi connectivity index (χ0n) is 11.0. The van der Waals surface area contributed by atoms with Crippen LogP contribution in [0.25, 0.3) is 10.9 Å². The van der Waals surface area contributed by atoms with E-state index in [9.17, 15) is 0 Å². The number of fused-ring (bicyclic) bond motifs is 1. The molecule has 0 radical (unpaired) electrons. The van der Waals surface area contributed by atoms with Crippen molar-refractivity contribution in [3.63, 3.8) is 0 Å². The van der Waals surface area contributed by atoms with Crippen molar-refractivity contribution in [3.05, 3.63) is 17.4 Å². The predicted molar refractivity (Wildman–Crippen MR) is 77.3 cm³/mol. The number of rotatable bonds is 1. The van der Waals surface area contributed by atoms with Gasteiger partial charge in [-0.3, -0.25) is 5.10 Å². The molecule has 4 rings (SSSR count). The van der Waals surface area contributed by atoms with Crippen LogP contribution in [-0.2, 0) is 4.74 Å². The highest BCUT2D eigenvalue weighted by atomic mass is 35.5. The molecule has 0 amide bonds. The van der Waals surface area contributed by atoms with E-state index in [0.29, 0.717) is 5.15 Å². The van der Waals surface area contributed by atoms with Gasteiger partial charge in [0.2, 0.25) is 0 Å². The summed E-state index contributed by atoms with van der Waals surface area (Å²) in [5.41, 5.74) is 0.855. The van der Waals surface area contributed by atoms with Crippen LogP contribution in [0.1, 0.15) is 6.42 Å². The molecule has 0 aromatic carbocycles. The topological polar surface area (TPSA) is 66.1 Å². The van der Waals surface area contributed by atoms with Crippen molar-refractivity contribution in [2.24, 2.45) is 0 Å². The number of H-pyrrole nitrogens is 1. The third-order valence-corrected chi connectivity index (χ3v) is 4.35. The minimum Gasteiger partial charge on any atom is -0.370 e. The highest BCUT2D eigenvalue weighted by Crippen LogP contribution is 2.31. The Morgan fingerprint density at radius 2 is 2.40 bits per heavy atom. The zero-order valence-corrected chi connectivity index (χ0v) is 11.8. The fourth-order valence-electron chi connectivity index (χ4n) is 3.12. The quantitative estimate of drug-likeness (QED) is 0.773. The van der Waals surface area contributed by atoms with Crippen LogP contribution in [0, 0.1) is 0 Å². The second-order valence-electron chi connectivity index (χ2n) is 5.48. The van der Waals surface area contributed by atoms with Gasteiger partial charge in [-0.15, -0.1) is 0 Å². The fraction of sp³-hybridized carbons (Fsp3) is 0.538. The Bertz CT molecular complexity index is 637. The van der Waals surface area contributed by atoms with Crippen LogP contribution >= 0.6 is 11.6 Å². The lowest BCUT2D eigenvalue weighted by atomic mass is 10.0. The lowest BCUT2D eigenvalue weighted by molar-refractivity contribution is -0.0405. The van der Waals surface area contributed by atoms with E-state index in [1.165, 1.54) is 0 Å². The number of halogens is 1. The normalized spacial score (nSPS) is 26.8. The molecule has 1 atom stereocenters. The summed E-state index contributed by atoms with van der Waals surface area (Å²) in [6, 6.07) is 1.81. The molecule has 2 N–H and O–H groups in total. The molecule has 7 heteroatoms. The SMILES string of the molecule is Clc1cc2[nH]nc(N3CCOC4(CCNC4)C3)c2cn1. The number of anilines is 1. The summed E-state index contributed by atoms with van der Waals surface area (Å²) in [4.78, 5) is 6.44. The number of pyridine rings is 1. The summed E-state index contributed by atoms with van der Waals surface area (Å²) in [5.74, 6) is 0.943. The Kier molecular flexibility index (Phi) is 2.83. The van der Waals surface area contributed by atoms with Crippen LogP contribution in [0.2, 0.25) is 5.15 Å². The number of hydrogen-bond donors (Lipinski definition) is 2. The van der Waals surface area contributed by atoms with Crippen molar-refractivity contribution < 1.29 is 4.74 Å². The number of nitrogens with one attached hydrogen (secondary N) is 2. The first-order valence-electron chi connectivity index (χ1n) is 6.85. The molecule has 2 saturated heterocycles. The zero-order chi connectivity index (χ0) is 13.6. The van der Waals surface area contributed by atoms with Crippen LogP contribution in [0.3, 0.4) is 0 Å². The van der Waals surface area contributed by atoms with Crippen molar-refractivity contribution in [1.29, 1.82) is 0 Å². The van der Waals surface area contributed by atoms with E-state index < -0.39 is 0 Å². The molecule has 1 unspecified atom stereocenters. The molecule has 2 aliphatic heterocycles. The maximum atomic E-state index is 6.01. The van der Waals surface area contributed by atoms with E-state index >= 15 is 0 Å². The molecule has 0 saturated carbocycles. The summed E-state index contributed by atoms with van der Waals surface area (Å²) in [7, 11) is 0. The van der Waals surface area contributed by atoms with Gasteiger partial charge in [-0.05, 0) is 13.0 Å². The second kappa shape index (κ2) is 4.58. The summed E-state index contributed by atoms with van der Waals surface area (Å²) in [5, 5.41) is 12.3. The molecule has 20 heavy (non-hydrogen) atoms. The molecule has 0 aliphatic carbocycles. The average Bonchev–Trinajstić information content (AvgIpc) is 3.05. The Hall–Kier alpha value is -1.37. The first kappa shape index (κ1) is 12.4. The minimum atomic E-state index is -0.0661. The lowest BCUT2D eigenvalue weighted by Gasteiger charge is -2.40. The van der Waals surface area contributed by atoms with Gasteiger partial charge in [0.05, 0.1) is 23.1 Å². The average molecular weight is 294 g/mol. The van der Waals surface area contributed by atoms with E-state index in [-0.39, 0.29) is 5.60 Å². The molecule has 2 aromatic heterocycles. The van der Waals surface area contributed by atoms with Gasteiger partial charge in [0.15, 0.2) is 5.82 Å². The third kappa shape index (κ3) is 1.95. The van der Waals surface area contributed by atoms with Crippen LogP contribution in [0.4, 0.5) is 5.82 Å². The number of nitrogens with zero attached hydrogens (tertiary/aromatic N) is 3. The van der Waals surface area contributed by atoms with Crippen molar-refractivity contribution >= 4 is 28.3 Å². The van der Waals surface area contributed by atoms with E-state index in [1.54, 1.807) is 12.3 Å². The number of aromatic nitrogens is 3. The highest BCUT2D eigenvalue weighted by Gasteiger charge is 2.40. The maximum absolute atomic E-state index is 6.01. The molecule has 6 nitrogen and oxygen atoms in total. The smallest absolute Gasteiger partial charge is 0.160 e. The van der Waals surface area contributed by atoms with Crippen molar-refractivity contribution in [3.8, 4) is 0 Å². The minimum absolute atomic E-state index is 0.0661. The van der Waals surface area contributed by atoms with Crippen LogP contribution in [0.15, 0.2) is 12.3 Å². The van der Waals surface area contributed by atoms with E-state index in [4.69, 9.17) is 16.3 Å². The van der Waals surface area contributed by atoms with Crippen LogP contribution < -0.4 is 10.2 Å². The second-order valence-corrected chi connectivity index (χ2v) is 5.87. The molecule has 106 valence electrons. The van der Waals surface area contributed by atoms with Gasteiger partial charge in [-0.25, -0.2) is 4.98 Å². The maximum Gasteiger partial charge on any atom is 0.160 e. The largest absolute Gasteiger partial charge is 0.370 e. The molecule has 2 fully saturated rings. The van der Waals surface area contributed by atoms with E-state index in [2.05, 4.69) is 25.4 Å². The van der Waals surface area contributed by atoms with Crippen molar-refractivity contribution in [2.45, 2.75) is 12.0 Å². The number of aromatic amines is 1. The summed E-state index contributed by atoms with van der Waals surface area (Å²) in [6.07, 6.45) is 2.83. The molecule has 2 aromatic rings. The first-order valence-corrected chi connectivity index (χ1v) is 7.23. The van der Waals surface area contributed by atoms with Gasteiger partial charge in [0.1, 0.15) is 5.15 Å². The molecule has 1 spiro atoms. The summed E-state index contributed by atoms with van der Waals surface area (Å²) >= 11 is 5.91. The van der Waals surface area contributed by atoms with Gasteiger partial charge in [0, 0.05) is 31.9 Å². The monoisotopic (exact) mass is 293 g/mol. The van der Waals surface area contributed by atoms with Gasteiger partial charge in [-0.2, -0.15) is 5.10 Å². The van der Waals surface area contributed by atoms with Crippen LogP contribution in [-0.4, -0.2) is 53.6 Å². The van der Waals surface area contributed by atoms with Crippen molar-refractivity contribution in [1.82, 2.24) is 20.5 Å². The Balaban J connectivity index is 1.68. The van der Waals surface area contributed by atoms with Gasteiger partial charge in [0.25, 0.3) is 0 Å². The molecule has 0 bridgehead atoms. The molecule has 4 heterocycles. The third-order valence-electron chi connectivity index (χ3n) is 4.15.